The smallest absolute Gasteiger partial charge is 0.373 e. The molecule has 0 spiro atoms. The van der Waals surface area contributed by atoms with Crippen molar-refractivity contribution in [2.75, 3.05) is 13.2 Å². The van der Waals surface area contributed by atoms with Crippen LogP contribution in [0.15, 0.2) is 0 Å². The van der Waals surface area contributed by atoms with Crippen molar-refractivity contribution in [3.8, 4) is 0 Å². The van der Waals surface area contributed by atoms with E-state index >= 15 is 0 Å². The zero-order valence-electron chi connectivity index (χ0n) is 12.2. The third-order valence-corrected chi connectivity index (χ3v) is 0.875. The Balaban J connectivity index is -0.0000000510. The summed E-state index contributed by atoms with van der Waals surface area (Å²) in [5.41, 5.74) is 8.37. The molecule has 0 aromatic heterocycles. The van der Waals surface area contributed by atoms with Gasteiger partial charge in [-0.05, 0) is 27.7 Å². The monoisotopic (exact) mass is 302 g/mol. The summed E-state index contributed by atoms with van der Waals surface area (Å²) in [6, 6.07) is 0. The lowest BCUT2D eigenvalue weighted by molar-refractivity contribution is -0.652. The summed E-state index contributed by atoms with van der Waals surface area (Å²) in [6.07, 6.45) is 0.250. The number of aliphatic hydroxyl groups is 2. The Bertz CT molecular complexity index is 202. The van der Waals surface area contributed by atoms with Crippen LogP contribution in [0.2, 0.25) is 0 Å². The van der Waals surface area contributed by atoms with E-state index in [4.69, 9.17) is 35.6 Å². The molecule has 0 radical (unpaired) electrons. The predicted octanol–water partition coefficient (Wildman–Crippen LogP) is -4.26. The maximum atomic E-state index is 8.64. The van der Waals surface area contributed by atoms with E-state index in [2.05, 4.69) is 10.6 Å². The highest BCUT2D eigenvalue weighted by atomic mass is 17.1. The average Bonchev–Trinajstić information content (AvgIpc) is 2.29. The number of hydrogen-bond acceptors (Lipinski definition) is 8. The van der Waals surface area contributed by atoms with Crippen molar-refractivity contribution in [1.29, 1.82) is 0 Å². The van der Waals surface area contributed by atoms with E-state index in [-0.39, 0.29) is 36.9 Å². The molecule has 10 nitrogen and oxygen atoms in total. The van der Waals surface area contributed by atoms with Gasteiger partial charge in [0.05, 0.1) is 13.2 Å². The number of nitrogens with two attached hydrogens (primary N) is 1. The molecular formula is C10H26N2O8. The molecule has 0 heterocycles. The highest BCUT2D eigenvalue weighted by Gasteiger charge is 2.10. The molecule has 0 rings (SSSR count). The van der Waals surface area contributed by atoms with E-state index in [1.165, 1.54) is 0 Å². The minimum absolute atomic E-state index is 0. The summed E-state index contributed by atoms with van der Waals surface area (Å²) >= 11 is 0. The van der Waals surface area contributed by atoms with E-state index in [9.17, 15) is 0 Å². The SMILES string of the molecule is CC(C)(N)CO.CC(C)([NH3+])CO.O.O=C=O.O=CO[O-]. The molecule has 0 unspecified atom stereocenters. The van der Waals surface area contributed by atoms with Gasteiger partial charge in [0.15, 0.2) is 0 Å². The molecule has 0 aromatic rings. The van der Waals surface area contributed by atoms with Crippen LogP contribution in [0, 0.1) is 0 Å². The van der Waals surface area contributed by atoms with Crippen LogP contribution in [0.3, 0.4) is 0 Å². The van der Waals surface area contributed by atoms with Crippen LogP contribution in [0.1, 0.15) is 27.7 Å². The Morgan fingerprint density at radius 1 is 1.25 bits per heavy atom. The van der Waals surface area contributed by atoms with Crippen molar-refractivity contribution in [2.24, 2.45) is 5.73 Å². The van der Waals surface area contributed by atoms with Crippen molar-refractivity contribution in [3.05, 3.63) is 0 Å². The van der Waals surface area contributed by atoms with Gasteiger partial charge in [-0.15, -0.1) is 0 Å². The first kappa shape index (κ1) is 31.2. The van der Waals surface area contributed by atoms with E-state index < -0.39 is 5.54 Å². The Labute approximate surface area is 117 Å². The molecule has 124 valence electrons. The van der Waals surface area contributed by atoms with E-state index in [1.807, 2.05) is 13.8 Å². The lowest BCUT2D eigenvalue weighted by Gasteiger charge is -2.12. The quantitative estimate of drug-likeness (QED) is 0.227. The predicted molar refractivity (Wildman–Crippen MR) is 65.2 cm³/mol. The normalized spacial score (nSPS) is 8.65. The van der Waals surface area contributed by atoms with Crippen molar-refractivity contribution < 1.29 is 46.0 Å². The first-order valence-electron chi connectivity index (χ1n) is 5.03. The van der Waals surface area contributed by atoms with Crippen molar-refractivity contribution >= 4 is 12.6 Å². The fourth-order valence-corrected chi connectivity index (χ4v) is 0. The standard InChI is InChI=1S/2C4H11NO.CH2O3.CO2.H2O/c2*1-4(2,5)3-6;2-1-4-3;2-1-3;/h2*6H,3,5H2,1-2H3;1,3H;;1H2. The first-order valence-corrected chi connectivity index (χ1v) is 5.03. The Hall–Kier alpha value is -1.39. The second-order valence-electron chi connectivity index (χ2n) is 4.74. The number of aliphatic hydroxyl groups excluding tert-OH is 2. The van der Waals surface area contributed by atoms with Gasteiger partial charge in [0.1, 0.15) is 5.54 Å². The van der Waals surface area contributed by atoms with Crippen LogP contribution in [-0.4, -0.2) is 52.6 Å². The second kappa shape index (κ2) is 19.9. The van der Waals surface area contributed by atoms with Crippen LogP contribution < -0.4 is 16.7 Å². The maximum Gasteiger partial charge on any atom is 0.373 e. The van der Waals surface area contributed by atoms with Crippen LogP contribution in [0.4, 0.5) is 0 Å². The van der Waals surface area contributed by atoms with Gasteiger partial charge in [0, 0.05) is 5.54 Å². The van der Waals surface area contributed by atoms with Gasteiger partial charge in [-0.25, -0.2) is 0 Å². The molecule has 0 bridgehead atoms. The van der Waals surface area contributed by atoms with Gasteiger partial charge in [-0.3, -0.25) is 4.79 Å². The van der Waals surface area contributed by atoms with Crippen LogP contribution in [0.25, 0.3) is 0 Å². The lowest BCUT2D eigenvalue weighted by atomic mass is 10.1. The number of carbonyl (C=O) groups excluding carboxylic acids is 3. The molecule has 0 aliphatic heterocycles. The van der Waals surface area contributed by atoms with Crippen LogP contribution in [0.5, 0.6) is 0 Å². The van der Waals surface area contributed by atoms with Gasteiger partial charge in [-0.1, -0.05) is 0 Å². The molecule has 0 aliphatic rings. The minimum atomic E-state index is -0.403. The third-order valence-electron chi connectivity index (χ3n) is 0.875. The fourth-order valence-electron chi connectivity index (χ4n) is 0. The number of hydrogen-bond donors (Lipinski definition) is 4. The van der Waals surface area contributed by atoms with Crippen LogP contribution >= 0.6 is 0 Å². The Morgan fingerprint density at radius 3 is 1.40 bits per heavy atom. The van der Waals surface area contributed by atoms with Crippen molar-refractivity contribution in [2.45, 2.75) is 38.8 Å². The summed E-state index contributed by atoms with van der Waals surface area (Å²) in [7, 11) is 0. The van der Waals surface area contributed by atoms with E-state index in [1.54, 1.807) is 13.8 Å². The minimum Gasteiger partial charge on any atom is -0.662 e. The molecule has 0 saturated carbocycles. The highest BCUT2D eigenvalue weighted by molar-refractivity contribution is 5.35. The summed E-state index contributed by atoms with van der Waals surface area (Å²) in [5, 5.41) is 25.0. The molecule has 9 N–H and O–H groups in total. The largest absolute Gasteiger partial charge is 0.662 e. The number of rotatable bonds is 3. The first-order chi connectivity index (χ1) is 8.45. The van der Waals surface area contributed by atoms with Crippen molar-refractivity contribution in [1.82, 2.24) is 0 Å². The third kappa shape index (κ3) is 129. The maximum absolute atomic E-state index is 8.64. The molecular weight excluding hydrogens is 276 g/mol. The Morgan fingerprint density at radius 2 is 1.40 bits per heavy atom. The second-order valence-corrected chi connectivity index (χ2v) is 4.74. The zero-order chi connectivity index (χ0) is 16.5. The molecule has 0 fully saturated rings. The lowest BCUT2D eigenvalue weighted by Crippen LogP contribution is -2.71. The van der Waals surface area contributed by atoms with E-state index in [0.717, 1.165) is 0 Å². The van der Waals surface area contributed by atoms with Gasteiger partial charge in [-0.2, -0.15) is 9.59 Å². The van der Waals surface area contributed by atoms with Gasteiger partial charge >= 0.3 is 6.15 Å². The molecule has 0 aromatic carbocycles. The zero-order valence-corrected chi connectivity index (χ0v) is 12.2. The summed E-state index contributed by atoms with van der Waals surface area (Å²) in [4.78, 5) is 27.5. The molecule has 20 heavy (non-hydrogen) atoms. The van der Waals surface area contributed by atoms with Gasteiger partial charge in [0.25, 0.3) is 6.47 Å². The fraction of sp³-hybridized carbons (Fsp3) is 0.800. The number of quaternary nitrogens is 1. The van der Waals surface area contributed by atoms with Crippen LogP contribution in [-0.2, 0) is 19.3 Å². The summed E-state index contributed by atoms with van der Waals surface area (Å²) < 4.78 is 0. The van der Waals surface area contributed by atoms with Gasteiger partial charge in [0.2, 0.25) is 0 Å². The summed E-state index contributed by atoms with van der Waals surface area (Å²) in [6.45, 7) is 7.33. The van der Waals surface area contributed by atoms with Crippen molar-refractivity contribution in [3.63, 3.8) is 0 Å². The average molecular weight is 302 g/mol. The van der Waals surface area contributed by atoms with Gasteiger partial charge < -0.3 is 37.3 Å². The Kier molecular flexibility index (Phi) is 31.1. The molecule has 0 saturated heterocycles. The molecule has 0 aliphatic carbocycles. The molecule has 0 amide bonds. The number of carbonyl (C=O) groups is 1. The van der Waals surface area contributed by atoms with E-state index in [0.29, 0.717) is 0 Å². The molecule has 10 heteroatoms. The topological polar surface area (TPSA) is 209 Å². The highest BCUT2D eigenvalue weighted by Crippen LogP contribution is 1.90. The summed E-state index contributed by atoms with van der Waals surface area (Å²) in [5.74, 6) is 0. The molecule has 0 atom stereocenters.